The van der Waals surface area contributed by atoms with Crippen LogP contribution in [0.2, 0.25) is 0 Å². The number of carbonyl (C=O) groups excluding carboxylic acids is 1. The van der Waals surface area contributed by atoms with E-state index in [0.717, 1.165) is 64.0 Å². The summed E-state index contributed by atoms with van der Waals surface area (Å²) in [5.74, 6) is 1.99. The van der Waals surface area contributed by atoms with Crippen LogP contribution in [0.25, 0.3) is 33.1 Å². The number of fused-ring (bicyclic) bond motifs is 2. The Labute approximate surface area is 236 Å². The molecular formula is C32H29N7O2. The van der Waals surface area contributed by atoms with E-state index < -0.39 is 0 Å². The van der Waals surface area contributed by atoms with Crippen LogP contribution in [0.15, 0.2) is 95.8 Å². The summed E-state index contributed by atoms with van der Waals surface area (Å²) in [6.45, 7) is 2.11. The highest BCUT2D eigenvalue weighted by Crippen LogP contribution is 2.31. The van der Waals surface area contributed by atoms with Crippen molar-refractivity contribution in [3.8, 4) is 11.3 Å². The lowest BCUT2D eigenvalue weighted by atomic mass is 10.1. The molecule has 0 spiro atoms. The molecule has 0 radical (unpaired) electrons. The summed E-state index contributed by atoms with van der Waals surface area (Å²) >= 11 is 0. The van der Waals surface area contributed by atoms with Crippen LogP contribution >= 0.6 is 0 Å². The predicted molar refractivity (Wildman–Crippen MR) is 158 cm³/mol. The smallest absolute Gasteiger partial charge is 0.234 e. The van der Waals surface area contributed by atoms with Gasteiger partial charge in [0.15, 0.2) is 0 Å². The van der Waals surface area contributed by atoms with Crippen molar-refractivity contribution in [3.05, 3.63) is 103 Å². The number of primary amides is 1. The van der Waals surface area contributed by atoms with E-state index in [2.05, 4.69) is 49.5 Å². The van der Waals surface area contributed by atoms with E-state index in [1.165, 1.54) is 5.56 Å². The Bertz CT molecular complexity index is 1860. The lowest BCUT2D eigenvalue weighted by Gasteiger charge is -2.20. The van der Waals surface area contributed by atoms with Crippen molar-refractivity contribution in [1.29, 1.82) is 0 Å². The summed E-state index contributed by atoms with van der Waals surface area (Å²) in [5.41, 5.74) is 10.5. The largest absolute Gasteiger partial charge is 0.460 e. The van der Waals surface area contributed by atoms with E-state index in [4.69, 9.17) is 10.2 Å². The van der Waals surface area contributed by atoms with Gasteiger partial charge >= 0.3 is 0 Å². The van der Waals surface area contributed by atoms with Crippen molar-refractivity contribution in [2.45, 2.75) is 32.0 Å². The van der Waals surface area contributed by atoms with Gasteiger partial charge in [0.25, 0.3) is 0 Å². The van der Waals surface area contributed by atoms with E-state index >= 15 is 0 Å². The molecule has 1 atom stereocenters. The maximum atomic E-state index is 11.8. The maximum Gasteiger partial charge on any atom is 0.234 e. The molecule has 1 aliphatic rings. The van der Waals surface area contributed by atoms with E-state index in [1.54, 1.807) is 6.33 Å². The summed E-state index contributed by atoms with van der Waals surface area (Å²) in [6.07, 6.45) is 5.22. The molecule has 1 aliphatic heterocycles. The van der Waals surface area contributed by atoms with E-state index in [1.807, 2.05) is 65.5 Å². The number of nitrogens with two attached hydrogens (primary N) is 1. The fourth-order valence-electron chi connectivity index (χ4n) is 5.65. The van der Waals surface area contributed by atoms with Crippen LogP contribution in [0.4, 0.5) is 11.5 Å². The normalized spacial score (nSPS) is 15.6. The molecule has 0 bridgehead atoms. The number of hydrogen-bond acceptors (Lipinski definition) is 7. The van der Waals surface area contributed by atoms with Gasteiger partial charge < -0.3 is 15.5 Å². The monoisotopic (exact) mass is 543 g/mol. The molecule has 7 rings (SSSR count). The molecule has 1 amide bonds. The van der Waals surface area contributed by atoms with Gasteiger partial charge in [0.05, 0.1) is 36.4 Å². The molecular weight excluding hydrogens is 514 g/mol. The number of hydrogen-bond donors (Lipinski definition) is 2. The molecule has 3 aromatic heterocycles. The Morgan fingerprint density at radius 1 is 1.00 bits per heavy atom. The second kappa shape index (κ2) is 10.5. The number of nitrogens with one attached hydrogen (secondary N) is 1. The van der Waals surface area contributed by atoms with E-state index in [-0.39, 0.29) is 11.9 Å². The molecule has 3 N–H and O–H groups in total. The first kappa shape index (κ1) is 25.0. The summed E-state index contributed by atoms with van der Waals surface area (Å²) in [6, 6.07) is 26.2. The highest BCUT2D eigenvalue weighted by molar-refractivity contribution is 5.94. The van der Waals surface area contributed by atoms with Gasteiger partial charge in [-0.3, -0.25) is 14.4 Å². The molecule has 1 saturated heterocycles. The van der Waals surface area contributed by atoms with Gasteiger partial charge in [-0.15, -0.1) is 0 Å². The fourth-order valence-corrected chi connectivity index (χ4v) is 5.65. The van der Waals surface area contributed by atoms with Gasteiger partial charge in [-0.05, 0) is 73.5 Å². The Hall–Kier alpha value is -5.02. The Kier molecular flexibility index (Phi) is 6.41. The number of aromatic nitrogens is 4. The third-order valence-electron chi connectivity index (χ3n) is 7.71. The van der Waals surface area contributed by atoms with Crippen molar-refractivity contribution < 1.29 is 9.21 Å². The number of benzene rings is 3. The molecule has 204 valence electrons. The van der Waals surface area contributed by atoms with Crippen LogP contribution in [-0.4, -0.2) is 43.1 Å². The lowest BCUT2D eigenvalue weighted by Crippen LogP contribution is -2.39. The first-order chi connectivity index (χ1) is 20.1. The minimum Gasteiger partial charge on any atom is -0.460 e. The Balaban J connectivity index is 1.13. The van der Waals surface area contributed by atoms with Crippen molar-refractivity contribution >= 4 is 39.2 Å². The van der Waals surface area contributed by atoms with Crippen LogP contribution in [0.5, 0.6) is 0 Å². The third-order valence-corrected chi connectivity index (χ3v) is 7.71. The van der Waals surface area contributed by atoms with Crippen molar-refractivity contribution in [2.24, 2.45) is 5.73 Å². The van der Waals surface area contributed by atoms with Gasteiger partial charge in [-0.1, -0.05) is 30.3 Å². The average Bonchev–Trinajstić information content (AvgIpc) is 3.75. The van der Waals surface area contributed by atoms with Gasteiger partial charge in [0, 0.05) is 22.0 Å². The zero-order valence-corrected chi connectivity index (χ0v) is 22.4. The first-order valence-electron chi connectivity index (χ1n) is 13.7. The Morgan fingerprint density at radius 2 is 1.90 bits per heavy atom. The van der Waals surface area contributed by atoms with Crippen molar-refractivity contribution in [3.63, 3.8) is 0 Å². The molecule has 6 aromatic rings. The topological polar surface area (TPSA) is 115 Å². The predicted octanol–water partition coefficient (Wildman–Crippen LogP) is 5.48. The molecule has 0 saturated carbocycles. The minimum atomic E-state index is -0.274. The number of anilines is 2. The standard InChI is InChI=1S/C32H29N7O2/c33-31(40)29-7-4-14-38(29)19-25-10-13-30(41-25)22-8-11-27-26(16-22)32(35-20-34-27)37-24-9-12-28-23(15-24)17-36-39(28)18-21-5-2-1-3-6-21/h1-3,5-6,8-13,15-17,20,29H,4,7,14,18-19H2,(H2,33,40)(H,34,35,37)/t29-/m0/s1. The number of nitrogens with zero attached hydrogens (tertiary/aromatic N) is 5. The van der Waals surface area contributed by atoms with Gasteiger partial charge in [0.1, 0.15) is 23.7 Å². The second-order valence-electron chi connectivity index (χ2n) is 10.4. The van der Waals surface area contributed by atoms with Crippen LogP contribution in [-0.2, 0) is 17.9 Å². The van der Waals surface area contributed by atoms with E-state index in [0.29, 0.717) is 18.9 Å². The fraction of sp³-hybridized carbons (Fsp3) is 0.188. The third kappa shape index (κ3) is 5.03. The highest BCUT2D eigenvalue weighted by atomic mass is 16.3. The van der Waals surface area contributed by atoms with E-state index in [9.17, 15) is 4.79 Å². The van der Waals surface area contributed by atoms with Crippen LogP contribution in [0.1, 0.15) is 24.2 Å². The molecule has 3 aromatic carbocycles. The van der Waals surface area contributed by atoms with Gasteiger partial charge in [-0.2, -0.15) is 5.10 Å². The highest BCUT2D eigenvalue weighted by Gasteiger charge is 2.29. The molecule has 9 nitrogen and oxygen atoms in total. The Morgan fingerprint density at radius 3 is 2.78 bits per heavy atom. The average molecular weight is 544 g/mol. The summed E-state index contributed by atoms with van der Waals surface area (Å²) in [4.78, 5) is 22.9. The number of rotatable bonds is 8. The second-order valence-corrected chi connectivity index (χ2v) is 10.4. The molecule has 0 unspecified atom stereocenters. The zero-order valence-electron chi connectivity index (χ0n) is 22.4. The van der Waals surface area contributed by atoms with Gasteiger partial charge in [0.2, 0.25) is 5.91 Å². The number of likely N-dealkylation sites (tertiary alicyclic amines) is 1. The molecule has 1 fully saturated rings. The number of furan rings is 1. The summed E-state index contributed by atoms with van der Waals surface area (Å²) in [5, 5.41) is 10.0. The molecule has 4 heterocycles. The quantitative estimate of drug-likeness (QED) is 0.261. The van der Waals surface area contributed by atoms with Crippen LogP contribution < -0.4 is 11.1 Å². The molecule has 0 aliphatic carbocycles. The first-order valence-corrected chi connectivity index (χ1v) is 13.7. The van der Waals surface area contributed by atoms with Gasteiger partial charge in [-0.25, -0.2) is 9.97 Å². The molecule has 9 heteroatoms. The lowest BCUT2D eigenvalue weighted by molar-refractivity contribution is -0.122. The van der Waals surface area contributed by atoms with Crippen molar-refractivity contribution in [2.75, 3.05) is 11.9 Å². The SMILES string of the molecule is NC(=O)[C@@H]1CCCN1Cc1ccc(-c2ccc3ncnc(Nc4ccc5c(cnn5Cc5ccccc5)c4)c3c2)o1. The number of carbonyl (C=O) groups is 1. The van der Waals surface area contributed by atoms with Crippen molar-refractivity contribution in [1.82, 2.24) is 24.6 Å². The maximum absolute atomic E-state index is 11.8. The minimum absolute atomic E-state index is 0.229. The summed E-state index contributed by atoms with van der Waals surface area (Å²) < 4.78 is 8.21. The molecule has 41 heavy (non-hydrogen) atoms. The van der Waals surface area contributed by atoms with Crippen LogP contribution in [0.3, 0.4) is 0 Å². The summed E-state index contributed by atoms with van der Waals surface area (Å²) in [7, 11) is 0. The zero-order chi connectivity index (χ0) is 27.8. The van der Waals surface area contributed by atoms with Crippen LogP contribution in [0, 0.1) is 0 Å². The number of amides is 1.